The van der Waals surface area contributed by atoms with Crippen LogP contribution in [0.3, 0.4) is 0 Å². The molecule has 0 aliphatic rings. The standard InChI is InChI=1S/C11H14FNO4/c1-5-3-6(12)8(7(4-5)17-2)10(14)9(13)11(15)16/h3-4,9-10,14H,13H2,1-2H3,(H,15,16). The van der Waals surface area contributed by atoms with Crippen LogP contribution in [0.15, 0.2) is 12.1 Å². The van der Waals surface area contributed by atoms with E-state index in [-0.39, 0.29) is 11.3 Å². The van der Waals surface area contributed by atoms with Gasteiger partial charge in [-0.05, 0) is 24.6 Å². The Hall–Kier alpha value is -1.66. The maximum Gasteiger partial charge on any atom is 0.323 e. The van der Waals surface area contributed by atoms with Crippen LogP contribution in [0, 0.1) is 12.7 Å². The Balaban J connectivity index is 3.25. The van der Waals surface area contributed by atoms with E-state index in [0.717, 1.165) is 0 Å². The summed E-state index contributed by atoms with van der Waals surface area (Å²) in [6.45, 7) is 1.65. The molecule has 5 nitrogen and oxygen atoms in total. The summed E-state index contributed by atoms with van der Waals surface area (Å²) in [7, 11) is 1.30. The average molecular weight is 243 g/mol. The van der Waals surface area contributed by atoms with Crippen LogP contribution in [-0.2, 0) is 4.79 Å². The average Bonchev–Trinajstić information content (AvgIpc) is 2.25. The van der Waals surface area contributed by atoms with Gasteiger partial charge in [0.25, 0.3) is 0 Å². The highest BCUT2D eigenvalue weighted by atomic mass is 19.1. The molecular weight excluding hydrogens is 229 g/mol. The number of rotatable bonds is 4. The van der Waals surface area contributed by atoms with Crippen LogP contribution >= 0.6 is 0 Å². The number of hydrogen-bond donors (Lipinski definition) is 3. The van der Waals surface area contributed by atoms with Gasteiger partial charge in [0.05, 0.1) is 12.7 Å². The van der Waals surface area contributed by atoms with E-state index >= 15 is 0 Å². The molecule has 94 valence electrons. The minimum atomic E-state index is -1.66. The van der Waals surface area contributed by atoms with Crippen molar-refractivity contribution >= 4 is 5.97 Å². The molecule has 1 aromatic rings. The minimum Gasteiger partial charge on any atom is -0.496 e. The van der Waals surface area contributed by atoms with Crippen molar-refractivity contribution in [2.75, 3.05) is 7.11 Å². The lowest BCUT2D eigenvalue weighted by Gasteiger charge is -2.19. The van der Waals surface area contributed by atoms with Crippen LogP contribution < -0.4 is 10.5 Å². The molecule has 0 bridgehead atoms. The van der Waals surface area contributed by atoms with Gasteiger partial charge in [-0.3, -0.25) is 4.79 Å². The molecule has 0 spiro atoms. The van der Waals surface area contributed by atoms with Crippen LogP contribution in [0.1, 0.15) is 17.2 Å². The second-order valence-electron chi connectivity index (χ2n) is 3.67. The first-order valence-electron chi connectivity index (χ1n) is 4.89. The maximum atomic E-state index is 13.7. The fourth-order valence-electron chi connectivity index (χ4n) is 1.49. The number of aliphatic hydroxyl groups is 1. The third kappa shape index (κ3) is 2.72. The molecule has 0 radical (unpaired) electrons. The molecule has 4 N–H and O–H groups in total. The summed E-state index contributed by atoms with van der Waals surface area (Å²) >= 11 is 0. The molecule has 0 saturated carbocycles. The van der Waals surface area contributed by atoms with Gasteiger partial charge in [0.15, 0.2) is 0 Å². The lowest BCUT2D eigenvalue weighted by atomic mass is 9.99. The molecule has 0 amide bonds. The van der Waals surface area contributed by atoms with E-state index in [2.05, 4.69) is 0 Å². The van der Waals surface area contributed by atoms with Gasteiger partial charge in [-0.2, -0.15) is 0 Å². The van der Waals surface area contributed by atoms with Crippen molar-refractivity contribution in [3.63, 3.8) is 0 Å². The van der Waals surface area contributed by atoms with E-state index in [9.17, 15) is 14.3 Å². The summed E-state index contributed by atoms with van der Waals surface area (Å²) in [6.07, 6.45) is -1.66. The zero-order valence-electron chi connectivity index (χ0n) is 9.48. The monoisotopic (exact) mass is 243 g/mol. The fraction of sp³-hybridized carbons (Fsp3) is 0.364. The summed E-state index contributed by atoms with van der Waals surface area (Å²) in [5.74, 6) is -2.09. The normalized spacial score (nSPS) is 14.2. The molecule has 2 unspecified atom stereocenters. The molecule has 1 aromatic carbocycles. The number of carbonyl (C=O) groups is 1. The van der Waals surface area contributed by atoms with Crippen LogP contribution in [-0.4, -0.2) is 29.3 Å². The van der Waals surface area contributed by atoms with Crippen LogP contribution in [0.5, 0.6) is 5.75 Å². The zero-order valence-corrected chi connectivity index (χ0v) is 9.48. The number of aliphatic hydroxyl groups excluding tert-OH is 1. The molecule has 1 rings (SSSR count). The van der Waals surface area contributed by atoms with E-state index < -0.39 is 23.9 Å². The van der Waals surface area contributed by atoms with Crippen molar-refractivity contribution in [2.24, 2.45) is 5.73 Å². The van der Waals surface area contributed by atoms with Crippen molar-refractivity contribution in [1.29, 1.82) is 0 Å². The number of benzene rings is 1. The second kappa shape index (κ2) is 5.11. The van der Waals surface area contributed by atoms with Gasteiger partial charge >= 0.3 is 5.97 Å². The number of halogens is 1. The van der Waals surface area contributed by atoms with Crippen LogP contribution in [0.4, 0.5) is 4.39 Å². The molecule has 17 heavy (non-hydrogen) atoms. The highest BCUT2D eigenvalue weighted by molar-refractivity contribution is 5.74. The first kappa shape index (κ1) is 13.4. The van der Waals surface area contributed by atoms with Crippen LogP contribution in [0.2, 0.25) is 0 Å². The molecule has 0 aliphatic heterocycles. The third-order valence-corrected chi connectivity index (χ3v) is 2.38. The second-order valence-corrected chi connectivity index (χ2v) is 3.67. The predicted octanol–water partition coefficient (Wildman–Crippen LogP) is 0.588. The summed E-state index contributed by atoms with van der Waals surface area (Å²) in [5, 5.41) is 18.4. The minimum absolute atomic E-state index is 0.0756. The highest BCUT2D eigenvalue weighted by Crippen LogP contribution is 2.30. The van der Waals surface area contributed by atoms with E-state index in [1.807, 2.05) is 0 Å². The van der Waals surface area contributed by atoms with Gasteiger partial charge in [-0.1, -0.05) is 0 Å². The number of aryl methyl sites for hydroxylation is 1. The van der Waals surface area contributed by atoms with E-state index in [4.69, 9.17) is 15.6 Å². The topological polar surface area (TPSA) is 92.8 Å². The number of nitrogens with two attached hydrogens (primary N) is 1. The number of aliphatic carboxylic acids is 1. The van der Waals surface area contributed by atoms with Gasteiger partial charge in [-0.15, -0.1) is 0 Å². The Morgan fingerprint density at radius 3 is 2.59 bits per heavy atom. The maximum absolute atomic E-state index is 13.7. The molecule has 6 heteroatoms. The first-order valence-corrected chi connectivity index (χ1v) is 4.89. The number of methoxy groups -OCH3 is 1. The molecule has 0 heterocycles. The summed E-state index contributed by atoms with van der Waals surface area (Å²) < 4.78 is 18.6. The first-order chi connectivity index (χ1) is 7.88. The van der Waals surface area contributed by atoms with E-state index in [1.54, 1.807) is 6.92 Å². The molecule has 0 saturated heterocycles. The van der Waals surface area contributed by atoms with Crippen LogP contribution in [0.25, 0.3) is 0 Å². The summed E-state index contributed by atoms with van der Waals surface area (Å²) in [5.41, 5.74) is 5.60. The lowest BCUT2D eigenvalue weighted by Crippen LogP contribution is -2.37. The Morgan fingerprint density at radius 2 is 2.12 bits per heavy atom. The molecule has 0 fully saturated rings. The zero-order chi connectivity index (χ0) is 13.2. The number of ether oxygens (including phenoxy) is 1. The SMILES string of the molecule is COc1cc(C)cc(F)c1C(O)C(N)C(=O)O. The molecule has 0 aliphatic carbocycles. The van der Waals surface area contributed by atoms with E-state index in [0.29, 0.717) is 5.56 Å². The lowest BCUT2D eigenvalue weighted by molar-refractivity contribution is -0.141. The number of hydrogen-bond acceptors (Lipinski definition) is 4. The van der Waals surface area contributed by atoms with Crippen molar-refractivity contribution < 1.29 is 24.1 Å². The number of carboxylic acid groups (broad SMARTS) is 1. The molecule has 0 aromatic heterocycles. The summed E-state index contributed by atoms with van der Waals surface area (Å²) in [4.78, 5) is 10.6. The Morgan fingerprint density at radius 1 is 1.53 bits per heavy atom. The smallest absolute Gasteiger partial charge is 0.323 e. The Bertz CT molecular complexity index is 436. The third-order valence-electron chi connectivity index (χ3n) is 2.38. The van der Waals surface area contributed by atoms with Crippen molar-refractivity contribution in [3.05, 3.63) is 29.1 Å². The van der Waals surface area contributed by atoms with E-state index in [1.165, 1.54) is 19.2 Å². The van der Waals surface area contributed by atoms with Crippen molar-refractivity contribution in [1.82, 2.24) is 0 Å². The largest absolute Gasteiger partial charge is 0.496 e. The van der Waals surface area contributed by atoms with Crippen molar-refractivity contribution in [2.45, 2.75) is 19.1 Å². The highest BCUT2D eigenvalue weighted by Gasteiger charge is 2.29. The Labute approximate surface area is 97.6 Å². The van der Waals surface area contributed by atoms with Gasteiger partial charge in [-0.25, -0.2) is 4.39 Å². The van der Waals surface area contributed by atoms with Gasteiger partial charge in [0.2, 0.25) is 0 Å². The number of carboxylic acids is 1. The fourth-order valence-corrected chi connectivity index (χ4v) is 1.49. The van der Waals surface area contributed by atoms with Gasteiger partial charge in [0, 0.05) is 0 Å². The van der Waals surface area contributed by atoms with Gasteiger partial charge in [0.1, 0.15) is 23.7 Å². The van der Waals surface area contributed by atoms with Gasteiger partial charge < -0.3 is 20.7 Å². The molecule has 2 atom stereocenters. The predicted molar refractivity (Wildman–Crippen MR) is 58.3 cm³/mol. The Kier molecular flexibility index (Phi) is 4.03. The molecular formula is C11H14FNO4. The summed E-state index contributed by atoms with van der Waals surface area (Å²) in [6, 6.07) is 1.06. The van der Waals surface area contributed by atoms with Crippen molar-refractivity contribution in [3.8, 4) is 5.75 Å². The quantitative estimate of drug-likeness (QED) is 0.719.